The zero-order chi connectivity index (χ0) is 16.1. The van der Waals surface area contributed by atoms with E-state index in [1.54, 1.807) is 6.07 Å². The first kappa shape index (κ1) is 15.6. The molecule has 0 aliphatic rings. The fourth-order valence-corrected chi connectivity index (χ4v) is 1.94. The fraction of sp³-hybridized carbons (Fsp3) is 0. The molecule has 2 aromatic rings. The van der Waals surface area contributed by atoms with Gasteiger partial charge in [-0.2, -0.15) is 5.10 Å². The highest BCUT2D eigenvalue weighted by Crippen LogP contribution is 2.21. The average molecular weight is 365 g/mol. The second kappa shape index (κ2) is 6.76. The number of nitro groups is 1. The Morgan fingerprint density at radius 2 is 2.18 bits per heavy atom. The number of phenolic OH excluding ortho intramolecular Hbond substituents is 1. The van der Waals surface area contributed by atoms with Gasteiger partial charge in [0.2, 0.25) is 0 Å². The van der Waals surface area contributed by atoms with E-state index < -0.39 is 10.8 Å². The number of nitro benzene ring substituents is 1. The van der Waals surface area contributed by atoms with Gasteiger partial charge >= 0.3 is 0 Å². The number of phenols is 1. The minimum Gasteiger partial charge on any atom is -0.508 e. The molecule has 0 radical (unpaired) electrons. The first-order chi connectivity index (χ1) is 10.5. The molecule has 0 fully saturated rings. The predicted octanol–water partition coefficient (Wildman–Crippen LogP) is 2.22. The van der Waals surface area contributed by atoms with Crippen LogP contribution in [0.2, 0.25) is 0 Å². The monoisotopic (exact) mass is 364 g/mol. The summed E-state index contributed by atoms with van der Waals surface area (Å²) in [7, 11) is 0. The molecule has 0 aliphatic heterocycles. The van der Waals surface area contributed by atoms with Gasteiger partial charge in [-0.1, -0.05) is 0 Å². The summed E-state index contributed by atoms with van der Waals surface area (Å²) >= 11 is 3.19. The number of benzene rings is 1. The smallest absolute Gasteiger partial charge is 0.278 e. The number of halogens is 1. The van der Waals surface area contributed by atoms with Crippen molar-refractivity contribution in [1.29, 1.82) is 0 Å². The molecule has 0 saturated carbocycles. The molecule has 112 valence electrons. The molecule has 0 bridgehead atoms. The van der Waals surface area contributed by atoms with Crippen LogP contribution < -0.4 is 5.43 Å². The number of carbonyl (C=O) groups excluding carboxylic acids is 1. The van der Waals surface area contributed by atoms with Gasteiger partial charge in [0.25, 0.3) is 11.6 Å². The first-order valence-electron chi connectivity index (χ1n) is 5.89. The number of nitrogens with zero attached hydrogens (tertiary/aromatic N) is 3. The average Bonchev–Trinajstić information content (AvgIpc) is 2.47. The summed E-state index contributed by atoms with van der Waals surface area (Å²) in [5.74, 6) is -0.664. The summed E-state index contributed by atoms with van der Waals surface area (Å²) in [5, 5.41) is 23.9. The van der Waals surface area contributed by atoms with Crippen LogP contribution in [0.15, 0.2) is 46.2 Å². The number of carbonyl (C=O) groups is 1. The number of nitrogens with one attached hydrogen (secondary N) is 1. The summed E-state index contributed by atoms with van der Waals surface area (Å²) in [6.07, 6.45) is 3.96. The number of hydrogen-bond acceptors (Lipinski definition) is 6. The number of amides is 1. The summed E-state index contributed by atoms with van der Waals surface area (Å²) in [6, 6.07) is 5.07. The number of aromatic nitrogens is 1. The van der Waals surface area contributed by atoms with E-state index in [0.29, 0.717) is 4.47 Å². The van der Waals surface area contributed by atoms with E-state index in [-0.39, 0.29) is 22.6 Å². The van der Waals surface area contributed by atoms with Crippen molar-refractivity contribution in [2.45, 2.75) is 0 Å². The van der Waals surface area contributed by atoms with Crippen molar-refractivity contribution in [2.24, 2.45) is 5.10 Å². The van der Waals surface area contributed by atoms with Crippen molar-refractivity contribution >= 4 is 33.7 Å². The van der Waals surface area contributed by atoms with Gasteiger partial charge in [-0.3, -0.25) is 19.9 Å². The maximum atomic E-state index is 11.8. The van der Waals surface area contributed by atoms with Crippen molar-refractivity contribution in [3.05, 3.63) is 62.4 Å². The molecule has 1 heterocycles. The van der Waals surface area contributed by atoms with Gasteiger partial charge in [0.05, 0.1) is 22.3 Å². The molecule has 9 heteroatoms. The van der Waals surface area contributed by atoms with Crippen LogP contribution >= 0.6 is 15.9 Å². The Hall–Kier alpha value is -2.81. The lowest BCUT2D eigenvalue weighted by Gasteiger charge is -2.00. The molecule has 0 saturated heterocycles. The van der Waals surface area contributed by atoms with Gasteiger partial charge in [-0.15, -0.1) is 0 Å². The number of aromatic hydroxyl groups is 1. The van der Waals surface area contributed by atoms with Crippen molar-refractivity contribution < 1.29 is 14.8 Å². The summed E-state index contributed by atoms with van der Waals surface area (Å²) in [4.78, 5) is 25.9. The van der Waals surface area contributed by atoms with E-state index in [4.69, 9.17) is 0 Å². The second-order valence-electron chi connectivity index (χ2n) is 4.09. The highest BCUT2D eigenvalue weighted by molar-refractivity contribution is 9.10. The largest absolute Gasteiger partial charge is 0.508 e. The molecule has 0 spiro atoms. The molecule has 1 aromatic heterocycles. The van der Waals surface area contributed by atoms with Crippen LogP contribution in [0.25, 0.3) is 0 Å². The lowest BCUT2D eigenvalue weighted by molar-refractivity contribution is -0.385. The predicted molar refractivity (Wildman–Crippen MR) is 81.8 cm³/mol. The van der Waals surface area contributed by atoms with Gasteiger partial charge in [0.15, 0.2) is 0 Å². The van der Waals surface area contributed by atoms with Crippen LogP contribution in [0, 0.1) is 10.1 Å². The Kier molecular flexibility index (Phi) is 4.79. The minimum absolute atomic E-state index is 0.0673. The minimum atomic E-state index is -0.610. The van der Waals surface area contributed by atoms with Gasteiger partial charge in [0.1, 0.15) is 5.75 Å². The van der Waals surface area contributed by atoms with Crippen LogP contribution in [0.3, 0.4) is 0 Å². The molecule has 1 amide bonds. The standard InChI is InChI=1S/C13H9BrN4O4/c14-10-3-9(5-15-7-10)13(20)17-16-6-8-4-11(19)1-2-12(8)18(21)22/h1-7,19H,(H,17,20). The summed E-state index contributed by atoms with van der Waals surface area (Å²) in [6.45, 7) is 0. The number of pyridine rings is 1. The Balaban J connectivity index is 2.14. The van der Waals surface area contributed by atoms with Crippen molar-refractivity contribution in [1.82, 2.24) is 10.4 Å². The molecule has 0 aliphatic carbocycles. The number of rotatable bonds is 4. The molecule has 0 unspecified atom stereocenters. The Labute approximate surface area is 132 Å². The third kappa shape index (κ3) is 3.85. The van der Waals surface area contributed by atoms with Crippen molar-refractivity contribution in [3.63, 3.8) is 0 Å². The number of hydrazone groups is 1. The molecule has 2 rings (SSSR count). The molecule has 2 N–H and O–H groups in total. The van der Waals surface area contributed by atoms with Gasteiger partial charge in [-0.05, 0) is 34.1 Å². The van der Waals surface area contributed by atoms with Crippen LogP contribution in [-0.2, 0) is 0 Å². The van der Waals surface area contributed by atoms with Gasteiger partial charge < -0.3 is 5.11 Å². The second-order valence-corrected chi connectivity index (χ2v) is 5.01. The maximum Gasteiger partial charge on any atom is 0.278 e. The third-order valence-electron chi connectivity index (χ3n) is 2.54. The van der Waals surface area contributed by atoms with E-state index in [2.05, 4.69) is 31.4 Å². The van der Waals surface area contributed by atoms with Crippen LogP contribution in [0.5, 0.6) is 5.75 Å². The highest BCUT2D eigenvalue weighted by atomic mass is 79.9. The topological polar surface area (TPSA) is 118 Å². The molecular weight excluding hydrogens is 356 g/mol. The van der Waals surface area contributed by atoms with E-state index >= 15 is 0 Å². The molecule has 0 atom stereocenters. The molecule has 8 nitrogen and oxygen atoms in total. The van der Waals surface area contributed by atoms with Crippen LogP contribution in [-0.4, -0.2) is 27.1 Å². The van der Waals surface area contributed by atoms with E-state index in [0.717, 1.165) is 12.3 Å². The Morgan fingerprint density at radius 1 is 1.41 bits per heavy atom. The maximum absolute atomic E-state index is 11.8. The lowest BCUT2D eigenvalue weighted by Crippen LogP contribution is -2.17. The van der Waals surface area contributed by atoms with Gasteiger partial charge in [-0.25, -0.2) is 5.43 Å². The van der Waals surface area contributed by atoms with E-state index in [1.165, 1.54) is 24.5 Å². The zero-order valence-corrected chi connectivity index (χ0v) is 12.5. The summed E-state index contributed by atoms with van der Waals surface area (Å²) < 4.78 is 0.632. The van der Waals surface area contributed by atoms with E-state index in [1.807, 2.05) is 0 Å². The molecule has 1 aromatic carbocycles. The van der Waals surface area contributed by atoms with Crippen molar-refractivity contribution in [2.75, 3.05) is 0 Å². The Bertz CT molecular complexity index is 763. The normalized spacial score (nSPS) is 10.6. The lowest BCUT2D eigenvalue weighted by atomic mass is 10.2. The first-order valence-corrected chi connectivity index (χ1v) is 6.68. The Morgan fingerprint density at radius 3 is 2.86 bits per heavy atom. The SMILES string of the molecule is O=C(NN=Cc1cc(O)ccc1[N+](=O)[O-])c1cncc(Br)c1. The van der Waals surface area contributed by atoms with Gasteiger partial charge in [0, 0.05) is 22.9 Å². The van der Waals surface area contributed by atoms with Crippen LogP contribution in [0.4, 0.5) is 5.69 Å². The van der Waals surface area contributed by atoms with E-state index in [9.17, 15) is 20.0 Å². The fourth-order valence-electron chi connectivity index (χ4n) is 1.57. The quantitative estimate of drug-likeness (QED) is 0.489. The highest BCUT2D eigenvalue weighted by Gasteiger charge is 2.12. The van der Waals surface area contributed by atoms with Crippen molar-refractivity contribution in [3.8, 4) is 5.75 Å². The molecular formula is C13H9BrN4O4. The van der Waals surface area contributed by atoms with Crippen LogP contribution in [0.1, 0.15) is 15.9 Å². The molecule has 22 heavy (non-hydrogen) atoms. The zero-order valence-electron chi connectivity index (χ0n) is 10.9. The number of hydrogen-bond donors (Lipinski definition) is 2. The summed E-state index contributed by atoms with van der Waals surface area (Å²) in [5.41, 5.74) is 2.33. The third-order valence-corrected chi connectivity index (χ3v) is 2.98.